The fourth-order valence-electron chi connectivity index (χ4n) is 2.53. The largest absolute Gasteiger partial charge is 0.496 e. The lowest BCUT2D eigenvalue weighted by atomic mass is 10.1. The second-order valence-corrected chi connectivity index (χ2v) is 8.06. The van der Waals surface area contributed by atoms with E-state index in [1.807, 2.05) is 37.3 Å². The van der Waals surface area contributed by atoms with Crippen molar-refractivity contribution < 1.29 is 9.53 Å². The lowest BCUT2D eigenvalue weighted by Crippen LogP contribution is -2.07. The molecule has 0 saturated carbocycles. The van der Waals surface area contributed by atoms with E-state index in [0.29, 0.717) is 5.13 Å². The van der Waals surface area contributed by atoms with Crippen molar-refractivity contribution >= 4 is 44.4 Å². The Hall–Kier alpha value is -2.44. The van der Waals surface area contributed by atoms with Gasteiger partial charge in [0.15, 0.2) is 5.13 Å². The summed E-state index contributed by atoms with van der Waals surface area (Å²) in [6, 6.07) is 13.8. The first-order valence-corrected chi connectivity index (χ1v) is 9.94. The van der Waals surface area contributed by atoms with Gasteiger partial charge in [-0.1, -0.05) is 35.9 Å². The Morgan fingerprint density at radius 3 is 2.59 bits per heavy atom. The van der Waals surface area contributed by atoms with Gasteiger partial charge >= 0.3 is 0 Å². The molecule has 4 nitrogen and oxygen atoms in total. The highest BCUT2D eigenvalue weighted by molar-refractivity contribution is 9.10. The van der Waals surface area contributed by atoms with E-state index in [0.717, 1.165) is 31.9 Å². The second kappa shape index (κ2) is 8.50. The van der Waals surface area contributed by atoms with Crippen LogP contribution in [0.5, 0.6) is 5.75 Å². The van der Waals surface area contributed by atoms with E-state index in [-0.39, 0.29) is 5.91 Å². The number of hydrogen-bond donors (Lipinski definition) is 1. The molecule has 0 aliphatic carbocycles. The summed E-state index contributed by atoms with van der Waals surface area (Å²) in [5.74, 6) is 0.532. The standard InChI is InChI=1S/C21H19BrN2O2S/c1-13-4-8-16(9-5-13)20-14(2)27-21(24-20)23-19(25)11-7-15-6-10-18(26-3)17(22)12-15/h4-12H,1-3H3,(H,23,24,25). The summed E-state index contributed by atoms with van der Waals surface area (Å²) in [4.78, 5) is 17.9. The van der Waals surface area contributed by atoms with Gasteiger partial charge in [-0.05, 0) is 53.5 Å². The van der Waals surface area contributed by atoms with Crippen LogP contribution in [0.1, 0.15) is 16.0 Å². The van der Waals surface area contributed by atoms with Crippen LogP contribution in [-0.2, 0) is 4.79 Å². The second-order valence-electron chi connectivity index (χ2n) is 6.01. The van der Waals surface area contributed by atoms with Gasteiger partial charge in [-0.2, -0.15) is 0 Å². The van der Waals surface area contributed by atoms with Crippen molar-refractivity contribution in [1.29, 1.82) is 0 Å². The minimum atomic E-state index is -0.217. The normalized spacial score (nSPS) is 11.0. The molecule has 27 heavy (non-hydrogen) atoms. The van der Waals surface area contributed by atoms with Gasteiger partial charge in [0.2, 0.25) is 5.91 Å². The summed E-state index contributed by atoms with van der Waals surface area (Å²) in [5, 5.41) is 3.43. The number of amides is 1. The topological polar surface area (TPSA) is 51.2 Å². The lowest BCUT2D eigenvalue weighted by Gasteiger charge is -2.03. The number of nitrogens with zero attached hydrogens (tertiary/aromatic N) is 1. The van der Waals surface area contributed by atoms with Crippen LogP contribution in [0, 0.1) is 13.8 Å². The summed E-state index contributed by atoms with van der Waals surface area (Å²) < 4.78 is 6.04. The molecular weight excluding hydrogens is 424 g/mol. The van der Waals surface area contributed by atoms with Crippen molar-refractivity contribution in [2.75, 3.05) is 12.4 Å². The Balaban J connectivity index is 1.70. The average Bonchev–Trinajstić information content (AvgIpc) is 3.01. The molecule has 1 aromatic heterocycles. The van der Waals surface area contributed by atoms with Gasteiger partial charge < -0.3 is 4.74 Å². The van der Waals surface area contributed by atoms with Crippen LogP contribution in [0.15, 0.2) is 53.0 Å². The third-order valence-electron chi connectivity index (χ3n) is 3.95. The summed E-state index contributed by atoms with van der Waals surface area (Å²) in [6.45, 7) is 4.06. The van der Waals surface area contributed by atoms with Crippen LogP contribution in [0.4, 0.5) is 5.13 Å². The molecule has 6 heteroatoms. The Kier molecular flexibility index (Phi) is 6.08. The molecule has 2 aromatic carbocycles. The van der Waals surface area contributed by atoms with E-state index >= 15 is 0 Å². The number of nitrogens with one attached hydrogen (secondary N) is 1. The third-order valence-corrected chi connectivity index (χ3v) is 5.46. The van der Waals surface area contributed by atoms with Gasteiger partial charge in [0.05, 0.1) is 17.3 Å². The number of anilines is 1. The summed E-state index contributed by atoms with van der Waals surface area (Å²) in [7, 11) is 1.62. The number of carbonyl (C=O) groups is 1. The van der Waals surface area contributed by atoms with Crippen molar-refractivity contribution in [2.45, 2.75) is 13.8 Å². The van der Waals surface area contributed by atoms with Crippen LogP contribution in [0.2, 0.25) is 0 Å². The average molecular weight is 443 g/mol. The number of methoxy groups -OCH3 is 1. The van der Waals surface area contributed by atoms with Gasteiger partial charge in [0.1, 0.15) is 5.75 Å². The number of rotatable bonds is 5. The summed E-state index contributed by atoms with van der Waals surface area (Å²) in [5.41, 5.74) is 4.05. The van der Waals surface area contributed by atoms with Gasteiger partial charge in [-0.15, -0.1) is 11.3 Å². The number of hydrogen-bond acceptors (Lipinski definition) is 4. The van der Waals surface area contributed by atoms with Crippen molar-refractivity contribution in [3.8, 4) is 17.0 Å². The van der Waals surface area contributed by atoms with E-state index in [1.54, 1.807) is 13.2 Å². The number of ether oxygens (including phenoxy) is 1. The Bertz CT molecular complexity index is 994. The summed E-state index contributed by atoms with van der Waals surface area (Å²) in [6.07, 6.45) is 3.25. The van der Waals surface area contributed by atoms with Crippen LogP contribution in [0.25, 0.3) is 17.3 Å². The van der Waals surface area contributed by atoms with E-state index in [1.165, 1.54) is 23.0 Å². The van der Waals surface area contributed by atoms with Gasteiger partial charge in [-0.25, -0.2) is 4.98 Å². The fourth-order valence-corrected chi connectivity index (χ4v) is 3.93. The molecule has 0 atom stereocenters. The molecule has 0 bridgehead atoms. The first-order chi connectivity index (χ1) is 13.0. The fraction of sp³-hybridized carbons (Fsp3) is 0.143. The number of aromatic nitrogens is 1. The molecule has 0 aliphatic heterocycles. The van der Waals surface area contributed by atoms with Crippen LogP contribution in [-0.4, -0.2) is 18.0 Å². The van der Waals surface area contributed by atoms with E-state index in [4.69, 9.17) is 4.74 Å². The van der Waals surface area contributed by atoms with Crippen molar-refractivity contribution in [2.24, 2.45) is 0 Å². The van der Waals surface area contributed by atoms with Crippen LogP contribution < -0.4 is 10.1 Å². The number of carbonyl (C=O) groups excluding carboxylic acids is 1. The predicted molar refractivity (Wildman–Crippen MR) is 115 cm³/mol. The number of aryl methyl sites for hydroxylation is 2. The van der Waals surface area contributed by atoms with Gasteiger partial charge in [0.25, 0.3) is 0 Å². The van der Waals surface area contributed by atoms with Crippen LogP contribution >= 0.6 is 27.3 Å². The van der Waals surface area contributed by atoms with E-state index in [2.05, 4.69) is 45.3 Å². The minimum absolute atomic E-state index is 0.217. The number of thiazole rings is 1. The number of halogens is 1. The first-order valence-electron chi connectivity index (χ1n) is 8.33. The maximum atomic E-state index is 12.2. The van der Waals surface area contributed by atoms with Gasteiger partial charge in [-0.3, -0.25) is 10.1 Å². The molecular formula is C21H19BrN2O2S. The zero-order valence-electron chi connectivity index (χ0n) is 15.2. The highest BCUT2D eigenvalue weighted by atomic mass is 79.9. The lowest BCUT2D eigenvalue weighted by molar-refractivity contribution is -0.111. The smallest absolute Gasteiger partial charge is 0.250 e. The first kappa shape index (κ1) is 19.3. The van der Waals surface area contributed by atoms with E-state index < -0.39 is 0 Å². The molecule has 0 unspecified atom stereocenters. The SMILES string of the molecule is COc1ccc(C=CC(=O)Nc2nc(-c3ccc(C)cc3)c(C)s2)cc1Br. The zero-order chi connectivity index (χ0) is 19.4. The van der Waals surface area contributed by atoms with Crippen LogP contribution in [0.3, 0.4) is 0 Å². The predicted octanol–water partition coefficient (Wildman–Crippen LogP) is 5.85. The highest BCUT2D eigenvalue weighted by Crippen LogP contribution is 2.30. The quantitative estimate of drug-likeness (QED) is 0.504. The van der Waals surface area contributed by atoms with Crippen molar-refractivity contribution in [3.63, 3.8) is 0 Å². The molecule has 3 aromatic rings. The Morgan fingerprint density at radius 1 is 1.19 bits per heavy atom. The summed E-state index contributed by atoms with van der Waals surface area (Å²) >= 11 is 4.91. The molecule has 1 amide bonds. The Morgan fingerprint density at radius 2 is 1.93 bits per heavy atom. The molecule has 0 spiro atoms. The zero-order valence-corrected chi connectivity index (χ0v) is 17.6. The molecule has 3 rings (SSSR count). The van der Waals surface area contributed by atoms with Crippen molar-refractivity contribution in [3.05, 3.63) is 69.0 Å². The molecule has 0 radical (unpaired) electrons. The molecule has 0 fully saturated rings. The Labute approximate surface area is 171 Å². The maximum Gasteiger partial charge on any atom is 0.250 e. The molecule has 0 aliphatic rings. The monoisotopic (exact) mass is 442 g/mol. The van der Waals surface area contributed by atoms with Gasteiger partial charge in [0, 0.05) is 16.5 Å². The highest BCUT2D eigenvalue weighted by Gasteiger charge is 2.11. The molecule has 1 heterocycles. The van der Waals surface area contributed by atoms with Crippen molar-refractivity contribution in [1.82, 2.24) is 4.98 Å². The molecule has 138 valence electrons. The number of benzene rings is 2. The molecule has 0 saturated heterocycles. The minimum Gasteiger partial charge on any atom is -0.496 e. The van der Waals surface area contributed by atoms with E-state index in [9.17, 15) is 4.79 Å². The molecule has 1 N–H and O–H groups in total. The third kappa shape index (κ3) is 4.84. The maximum absolute atomic E-state index is 12.2.